The summed E-state index contributed by atoms with van der Waals surface area (Å²) in [5, 5.41) is 2.56. The summed E-state index contributed by atoms with van der Waals surface area (Å²) in [4.78, 5) is 15.4. The number of halogens is 1. The maximum atomic E-state index is 12.8. The minimum Gasteiger partial charge on any atom is -0.368 e. The molecular weight excluding hydrogens is 233 g/mol. The van der Waals surface area contributed by atoms with Crippen LogP contribution in [0.15, 0.2) is 37.0 Å². The van der Waals surface area contributed by atoms with E-state index in [9.17, 15) is 9.18 Å². The Kier molecular flexibility index (Phi) is 3.82. The highest BCUT2D eigenvalue weighted by Crippen LogP contribution is 2.16. The van der Waals surface area contributed by atoms with Crippen molar-refractivity contribution in [2.24, 2.45) is 0 Å². The van der Waals surface area contributed by atoms with Crippen LogP contribution in [0.2, 0.25) is 0 Å². The quantitative estimate of drug-likeness (QED) is 0.867. The Balaban J connectivity index is 1.92. The maximum absolute atomic E-state index is 12.8. The summed E-state index contributed by atoms with van der Waals surface area (Å²) in [5.74, 6) is -0.234. The fourth-order valence-corrected chi connectivity index (χ4v) is 2.00. The number of nitrogens with zero attached hydrogens (tertiary/aromatic N) is 2. The average molecular weight is 249 g/mol. The number of amides is 2. The molecule has 4 nitrogen and oxygen atoms in total. The lowest BCUT2D eigenvalue weighted by Crippen LogP contribution is -2.51. The Labute approximate surface area is 106 Å². The Bertz CT molecular complexity index is 424. The summed E-state index contributed by atoms with van der Waals surface area (Å²) in [7, 11) is 0. The number of carbonyl (C=O) groups is 1. The lowest BCUT2D eigenvalue weighted by atomic mass is 10.2. The summed E-state index contributed by atoms with van der Waals surface area (Å²) in [5.41, 5.74) is 0.986. The van der Waals surface area contributed by atoms with Crippen molar-refractivity contribution in [3.8, 4) is 0 Å². The van der Waals surface area contributed by atoms with Gasteiger partial charge in [-0.2, -0.15) is 0 Å². The molecule has 5 heteroatoms. The topological polar surface area (TPSA) is 35.6 Å². The third-order valence-electron chi connectivity index (χ3n) is 2.98. The molecule has 0 aliphatic carbocycles. The fraction of sp³-hybridized carbons (Fsp3) is 0.308. The Morgan fingerprint density at radius 1 is 1.22 bits per heavy atom. The first kappa shape index (κ1) is 12.4. The molecule has 1 fully saturated rings. The van der Waals surface area contributed by atoms with Crippen LogP contribution in [0.25, 0.3) is 0 Å². The van der Waals surface area contributed by atoms with E-state index in [1.54, 1.807) is 17.0 Å². The molecule has 0 bridgehead atoms. The molecular formula is C13H16FN3O. The normalized spacial score (nSPS) is 15.4. The minimum absolute atomic E-state index is 0.122. The molecule has 1 N–H and O–H groups in total. The van der Waals surface area contributed by atoms with Gasteiger partial charge in [-0.1, -0.05) is 6.58 Å². The predicted octanol–water partition coefficient (Wildman–Crippen LogP) is 1.80. The summed E-state index contributed by atoms with van der Waals surface area (Å²) < 4.78 is 12.8. The Morgan fingerprint density at radius 2 is 1.83 bits per heavy atom. The molecule has 0 unspecified atom stereocenters. The molecule has 0 saturated carbocycles. The second-order valence-corrected chi connectivity index (χ2v) is 4.10. The number of hydrogen-bond donors (Lipinski definition) is 1. The van der Waals surface area contributed by atoms with Crippen molar-refractivity contribution >= 4 is 11.7 Å². The molecule has 0 radical (unpaired) electrons. The smallest absolute Gasteiger partial charge is 0.321 e. The van der Waals surface area contributed by atoms with Crippen LogP contribution in [0.4, 0.5) is 14.9 Å². The van der Waals surface area contributed by atoms with E-state index in [-0.39, 0.29) is 11.8 Å². The molecule has 0 atom stereocenters. The number of urea groups is 1. The molecule has 0 spiro atoms. The molecule has 2 amide bonds. The molecule has 1 aromatic carbocycles. The van der Waals surface area contributed by atoms with Gasteiger partial charge in [0.05, 0.1) is 0 Å². The number of hydrogen-bond acceptors (Lipinski definition) is 2. The molecule has 2 rings (SSSR count). The minimum atomic E-state index is -0.234. The zero-order valence-corrected chi connectivity index (χ0v) is 10.1. The van der Waals surface area contributed by atoms with Crippen molar-refractivity contribution in [2.45, 2.75) is 0 Å². The lowest BCUT2D eigenvalue weighted by Gasteiger charge is -2.35. The summed E-state index contributed by atoms with van der Waals surface area (Å²) >= 11 is 0. The van der Waals surface area contributed by atoms with Gasteiger partial charge >= 0.3 is 6.03 Å². The van der Waals surface area contributed by atoms with Crippen LogP contribution in [0.1, 0.15) is 0 Å². The Morgan fingerprint density at radius 3 is 2.39 bits per heavy atom. The van der Waals surface area contributed by atoms with E-state index in [1.165, 1.54) is 18.3 Å². The van der Waals surface area contributed by atoms with Gasteiger partial charge in [-0.3, -0.25) is 0 Å². The predicted molar refractivity (Wildman–Crippen MR) is 68.9 cm³/mol. The summed E-state index contributed by atoms with van der Waals surface area (Å²) in [6.45, 7) is 6.25. The first-order valence-electron chi connectivity index (χ1n) is 5.87. The van der Waals surface area contributed by atoms with Gasteiger partial charge in [0, 0.05) is 31.9 Å². The molecule has 18 heavy (non-hydrogen) atoms. The standard InChI is InChI=1S/C13H16FN3O/c1-2-15-13(18)17-9-7-16(8-10-17)12-5-3-11(14)4-6-12/h2-6H,1,7-10H2,(H,15,18). The zero-order chi connectivity index (χ0) is 13.0. The molecule has 1 aliphatic heterocycles. The largest absolute Gasteiger partial charge is 0.368 e. The number of carbonyl (C=O) groups excluding carboxylic acids is 1. The molecule has 1 aromatic rings. The van der Waals surface area contributed by atoms with Gasteiger partial charge in [0.25, 0.3) is 0 Å². The number of anilines is 1. The maximum Gasteiger partial charge on any atom is 0.321 e. The first-order valence-corrected chi connectivity index (χ1v) is 5.87. The van der Waals surface area contributed by atoms with E-state index in [2.05, 4.69) is 16.8 Å². The highest BCUT2D eigenvalue weighted by atomic mass is 19.1. The fourth-order valence-electron chi connectivity index (χ4n) is 2.00. The number of piperazine rings is 1. The average Bonchev–Trinajstić information content (AvgIpc) is 2.40. The third kappa shape index (κ3) is 2.80. The molecule has 1 heterocycles. The Hall–Kier alpha value is -2.04. The van der Waals surface area contributed by atoms with Crippen LogP contribution in [-0.4, -0.2) is 37.1 Å². The summed E-state index contributed by atoms with van der Waals surface area (Å²) in [6, 6.07) is 6.30. The monoisotopic (exact) mass is 249 g/mol. The van der Waals surface area contributed by atoms with Crippen LogP contribution < -0.4 is 10.2 Å². The van der Waals surface area contributed by atoms with Crippen LogP contribution in [0, 0.1) is 5.82 Å². The molecule has 96 valence electrons. The van der Waals surface area contributed by atoms with E-state index < -0.39 is 0 Å². The van der Waals surface area contributed by atoms with Crippen molar-refractivity contribution in [1.82, 2.24) is 10.2 Å². The molecule has 1 saturated heterocycles. The first-order chi connectivity index (χ1) is 8.70. The molecule has 0 aromatic heterocycles. The van der Waals surface area contributed by atoms with Gasteiger partial charge in [-0.15, -0.1) is 0 Å². The van der Waals surface area contributed by atoms with Gasteiger partial charge in [0.1, 0.15) is 5.82 Å². The van der Waals surface area contributed by atoms with Crippen LogP contribution in [0.5, 0.6) is 0 Å². The number of nitrogens with one attached hydrogen (secondary N) is 1. The van der Waals surface area contributed by atoms with Gasteiger partial charge in [-0.05, 0) is 30.5 Å². The molecule has 1 aliphatic rings. The van der Waals surface area contributed by atoms with Crippen molar-refractivity contribution in [2.75, 3.05) is 31.1 Å². The van der Waals surface area contributed by atoms with Crippen molar-refractivity contribution in [3.63, 3.8) is 0 Å². The van der Waals surface area contributed by atoms with Crippen LogP contribution in [0.3, 0.4) is 0 Å². The van der Waals surface area contributed by atoms with Gasteiger partial charge in [-0.25, -0.2) is 9.18 Å². The van der Waals surface area contributed by atoms with E-state index >= 15 is 0 Å². The van der Waals surface area contributed by atoms with Crippen molar-refractivity contribution in [1.29, 1.82) is 0 Å². The second-order valence-electron chi connectivity index (χ2n) is 4.10. The third-order valence-corrected chi connectivity index (χ3v) is 2.98. The van der Waals surface area contributed by atoms with Crippen molar-refractivity contribution in [3.05, 3.63) is 42.9 Å². The zero-order valence-electron chi connectivity index (χ0n) is 10.1. The van der Waals surface area contributed by atoms with Crippen molar-refractivity contribution < 1.29 is 9.18 Å². The van der Waals surface area contributed by atoms with E-state index in [4.69, 9.17) is 0 Å². The van der Waals surface area contributed by atoms with E-state index in [0.29, 0.717) is 13.1 Å². The number of benzene rings is 1. The van der Waals surface area contributed by atoms with Gasteiger partial charge in [0.2, 0.25) is 0 Å². The van der Waals surface area contributed by atoms with Crippen LogP contribution >= 0.6 is 0 Å². The van der Waals surface area contributed by atoms with Gasteiger partial charge in [0.15, 0.2) is 0 Å². The highest BCUT2D eigenvalue weighted by molar-refractivity contribution is 5.75. The second kappa shape index (κ2) is 5.53. The number of rotatable bonds is 2. The lowest BCUT2D eigenvalue weighted by molar-refractivity contribution is 0.198. The van der Waals surface area contributed by atoms with E-state index in [0.717, 1.165) is 18.8 Å². The van der Waals surface area contributed by atoms with E-state index in [1.807, 2.05) is 0 Å². The summed E-state index contributed by atoms with van der Waals surface area (Å²) in [6.07, 6.45) is 1.38. The SMILES string of the molecule is C=CNC(=O)N1CCN(c2ccc(F)cc2)CC1. The van der Waals surface area contributed by atoms with Crippen LogP contribution in [-0.2, 0) is 0 Å². The van der Waals surface area contributed by atoms with Gasteiger partial charge < -0.3 is 15.1 Å². The highest BCUT2D eigenvalue weighted by Gasteiger charge is 2.20.